The largest absolute Gasteiger partial charge is 0.481 e. The quantitative estimate of drug-likeness (QED) is 0.797. The molecule has 0 saturated heterocycles. The number of thiazole rings is 1. The van der Waals surface area contributed by atoms with Crippen LogP contribution in [0.15, 0.2) is 11.6 Å². The van der Waals surface area contributed by atoms with Crippen molar-refractivity contribution in [2.75, 3.05) is 0 Å². The highest BCUT2D eigenvalue weighted by Gasteiger charge is 2.53. The van der Waals surface area contributed by atoms with Gasteiger partial charge in [0.2, 0.25) is 0 Å². The molecule has 80 valence electrons. The lowest BCUT2D eigenvalue weighted by molar-refractivity contribution is -0.156. The van der Waals surface area contributed by atoms with Gasteiger partial charge in [-0.1, -0.05) is 0 Å². The molecular formula is C10H11NO3S. The molecule has 1 aliphatic carbocycles. The van der Waals surface area contributed by atoms with E-state index in [9.17, 15) is 9.59 Å². The highest BCUT2D eigenvalue weighted by Crippen LogP contribution is 2.48. The summed E-state index contributed by atoms with van der Waals surface area (Å²) in [6, 6.07) is 0. The Labute approximate surface area is 91.0 Å². The first-order valence-corrected chi connectivity index (χ1v) is 5.61. The number of hydrogen-bond acceptors (Lipinski definition) is 4. The van der Waals surface area contributed by atoms with E-state index in [1.54, 1.807) is 18.5 Å². The molecule has 0 aliphatic heterocycles. The standard InChI is InChI=1S/C10H11NO3S/c1-10(9(13)14)3-2-6(10)7(12)8-11-4-5-15-8/h4-6H,2-3H2,1H3,(H,13,14). The zero-order valence-electron chi connectivity index (χ0n) is 8.27. The number of hydrogen-bond donors (Lipinski definition) is 1. The van der Waals surface area contributed by atoms with E-state index in [0.717, 1.165) is 0 Å². The van der Waals surface area contributed by atoms with E-state index in [4.69, 9.17) is 5.11 Å². The molecule has 2 atom stereocenters. The summed E-state index contributed by atoms with van der Waals surface area (Å²) in [6.45, 7) is 1.63. The van der Waals surface area contributed by atoms with E-state index >= 15 is 0 Å². The van der Waals surface area contributed by atoms with E-state index in [-0.39, 0.29) is 5.78 Å². The van der Waals surface area contributed by atoms with Gasteiger partial charge in [0.1, 0.15) is 0 Å². The van der Waals surface area contributed by atoms with Gasteiger partial charge in [-0.15, -0.1) is 11.3 Å². The zero-order valence-corrected chi connectivity index (χ0v) is 9.08. The smallest absolute Gasteiger partial charge is 0.310 e. The van der Waals surface area contributed by atoms with Crippen molar-refractivity contribution in [3.63, 3.8) is 0 Å². The number of carbonyl (C=O) groups is 2. The van der Waals surface area contributed by atoms with Gasteiger partial charge in [0.15, 0.2) is 10.8 Å². The van der Waals surface area contributed by atoms with Crippen molar-refractivity contribution in [1.29, 1.82) is 0 Å². The van der Waals surface area contributed by atoms with Crippen LogP contribution in [0.3, 0.4) is 0 Å². The zero-order chi connectivity index (χ0) is 11.1. The van der Waals surface area contributed by atoms with Crippen LogP contribution in [0.25, 0.3) is 0 Å². The molecule has 1 aromatic rings. The lowest BCUT2D eigenvalue weighted by Crippen LogP contribution is -2.48. The van der Waals surface area contributed by atoms with Crippen molar-refractivity contribution in [3.8, 4) is 0 Å². The van der Waals surface area contributed by atoms with Crippen molar-refractivity contribution in [3.05, 3.63) is 16.6 Å². The van der Waals surface area contributed by atoms with Crippen molar-refractivity contribution < 1.29 is 14.7 Å². The molecule has 2 unspecified atom stereocenters. The van der Waals surface area contributed by atoms with Gasteiger partial charge >= 0.3 is 5.97 Å². The van der Waals surface area contributed by atoms with Gasteiger partial charge in [-0.3, -0.25) is 9.59 Å². The minimum atomic E-state index is -0.886. The summed E-state index contributed by atoms with van der Waals surface area (Å²) in [4.78, 5) is 26.8. The fourth-order valence-electron chi connectivity index (χ4n) is 1.89. The molecule has 4 nitrogen and oxygen atoms in total. The first-order chi connectivity index (χ1) is 7.05. The second-order valence-electron chi connectivity index (χ2n) is 4.02. The van der Waals surface area contributed by atoms with Crippen LogP contribution < -0.4 is 0 Å². The topological polar surface area (TPSA) is 67.3 Å². The Kier molecular flexibility index (Phi) is 2.34. The van der Waals surface area contributed by atoms with E-state index in [1.165, 1.54) is 11.3 Å². The second-order valence-corrected chi connectivity index (χ2v) is 4.91. The van der Waals surface area contributed by atoms with E-state index < -0.39 is 17.3 Å². The lowest BCUT2D eigenvalue weighted by Gasteiger charge is -2.41. The summed E-state index contributed by atoms with van der Waals surface area (Å²) in [5.41, 5.74) is -0.886. The number of aliphatic carboxylic acids is 1. The van der Waals surface area contributed by atoms with Crippen molar-refractivity contribution in [2.24, 2.45) is 11.3 Å². The average Bonchev–Trinajstić information content (AvgIpc) is 2.67. The molecule has 1 heterocycles. The van der Waals surface area contributed by atoms with E-state index in [2.05, 4.69) is 4.98 Å². The predicted molar refractivity (Wildman–Crippen MR) is 54.9 cm³/mol. The Morgan fingerprint density at radius 3 is 2.80 bits per heavy atom. The van der Waals surface area contributed by atoms with Crippen molar-refractivity contribution in [2.45, 2.75) is 19.8 Å². The van der Waals surface area contributed by atoms with Crippen LogP contribution >= 0.6 is 11.3 Å². The molecule has 0 bridgehead atoms. The maximum atomic E-state index is 11.9. The first kappa shape index (κ1) is 10.3. The summed E-state index contributed by atoms with van der Waals surface area (Å²) in [7, 11) is 0. The maximum absolute atomic E-state index is 11.9. The summed E-state index contributed by atoms with van der Waals surface area (Å²) < 4.78 is 0. The normalized spacial score (nSPS) is 29.5. The van der Waals surface area contributed by atoms with Gasteiger partial charge in [-0.25, -0.2) is 4.98 Å². The van der Waals surface area contributed by atoms with Gasteiger partial charge in [0, 0.05) is 17.5 Å². The third kappa shape index (κ3) is 1.47. The minimum absolute atomic E-state index is 0.124. The predicted octanol–water partition coefficient (Wildman–Crippen LogP) is 1.83. The molecule has 1 fully saturated rings. The highest BCUT2D eigenvalue weighted by atomic mass is 32.1. The molecule has 1 aromatic heterocycles. The number of carboxylic acid groups (broad SMARTS) is 1. The van der Waals surface area contributed by atoms with Gasteiger partial charge in [-0.2, -0.15) is 0 Å². The molecule has 0 amide bonds. The number of rotatable bonds is 3. The summed E-state index contributed by atoms with van der Waals surface area (Å²) in [5.74, 6) is -1.41. The van der Waals surface area contributed by atoms with Crippen LogP contribution in [0, 0.1) is 11.3 Å². The number of carbonyl (C=O) groups excluding carboxylic acids is 1. The molecular weight excluding hydrogens is 214 g/mol. The molecule has 0 radical (unpaired) electrons. The van der Waals surface area contributed by atoms with E-state index in [0.29, 0.717) is 17.8 Å². The number of ketones is 1. The average molecular weight is 225 g/mol. The van der Waals surface area contributed by atoms with Crippen LogP contribution in [0.1, 0.15) is 29.6 Å². The minimum Gasteiger partial charge on any atom is -0.481 e. The molecule has 0 spiro atoms. The Bertz CT molecular complexity index is 401. The highest BCUT2D eigenvalue weighted by molar-refractivity contribution is 7.11. The van der Waals surface area contributed by atoms with Crippen LogP contribution in [-0.4, -0.2) is 21.8 Å². The Morgan fingerprint density at radius 2 is 2.40 bits per heavy atom. The van der Waals surface area contributed by atoms with Crippen LogP contribution in [0.5, 0.6) is 0 Å². The molecule has 5 heteroatoms. The third-order valence-corrected chi connectivity index (χ3v) is 3.96. The Morgan fingerprint density at radius 1 is 1.67 bits per heavy atom. The molecule has 0 aromatic carbocycles. The number of Topliss-reactive ketones (excluding diaryl/α,β-unsaturated/α-hetero) is 1. The van der Waals surface area contributed by atoms with Gasteiger partial charge in [0.25, 0.3) is 0 Å². The molecule has 1 N–H and O–H groups in total. The lowest BCUT2D eigenvalue weighted by atomic mass is 9.59. The number of carboxylic acids is 1. The second kappa shape index (κ2) is 3.41. The van der Waals surface area contributed by atoms with Gasteiger partial charge in [-0.05, 0) is 19.8 Å². The fourth-order valence-corrected chi connectivity index (χ4v) is 2.52. The molecule has 1 aliphatic rings. The summed E-state index contributed by atoms with van der Waals surface area (Å²) >= 11 is 1.27. The SMILES string of the molecule is CC1(C(=O)O)CCC1C(=O)c1nccs1. The van der Waals surface area contributed by atoms with Gasteiger partial charge < -0.3 is 5.11 Å². The summed E-state index contributed by atoms with van der Waals surface area (Å²) in [6.07, 6.45) is 2.79. The first-order valence-electron chi connectivity index (χ1n) is 4.73. The molecule has 1 saturated carbocycles. The number of nitrogens with zero attached hydrogens (tertiary/aromatic N) is 1. The number of aromatic nitrogens is 1. The maximum Gasteiger partial charge on any atom is 0.310 e. The van der Waals surface area contributed by atoms with Crippen LogP contribution in [-0.2, 0) is 4.79 Å². The molecule has 2 rings (SSSR count). The van der Waals surface area contributed by atoms with Gasteiger partial charge in [0.05, 0.1) is 5.41 Å². The molecule has 15 heavy (non-hydrogen) atoms. The fraction of sp³-hybridized carbons (Fsp3) is 0.500. The van der Waals surface area contributed by atoms with E-state index in [1.807, 2.05) is 0 Å². The van der Waals surface area contributed by atoms with Crippen LogP contribution in [0.2, 0.25) is 0 Å². The van der Waals surface area contributed by atoms with Crippen molar-refractivity contribution >= 4 is 23.1 Å². The monoisotopic (exact) mass is 225 g/mol. The van der Waals surface area contributed by atoms with Crippen molar-refractivity contribution in [1.82, 2.24) is 4.98 Å². The van der Waals surface area contributed by atoms with Crippen LogP contribution in [0.4, 0.5) is 0 Å². The Hall–Kier alpha value is -1.23. The third-order valence-electron chi connectivity index (χ3n) is 3.17. The Balaban J connectivity index is 2.20. The summed E-state index contributed by atoms with van der Waals surface area (Å²) in [5, 5.41) is 11.2.